The number of nitrogens with zero attached hydrogens (tertiary/aromatic N) is 1. The molecule has 1 aliphatic rings. The van der Waals surface area contributed by atoms with Gasteiger partial charge in [0.1, 0.15) is 23.5 Å². The fourth-order valence-corrected chi connectivity index (χ4v) is 4.45. The smallest absolute Gasteiger partial charge is 0.384 e. The highest BCUT2D eigenvalue weighted by Gasteiger charge is 2.79. The van der Waals surface area contributed by atoms with Gasteiger partial charge in [-0.1, -0.05) is 84.9 Å². The Morgan fingerprint density at radius 2 is 1.76 bits per heavy atom. The van der Waals surface area contributed by atoms with Crippen LogP contribution in [-0.2, 0) is 14.3 Å². The van der Waals surface area contributed by atoms with Gasteiger partial charge < -0.3 is 14.6 Å². The first-order chi connectivity index (χ1) is 15.9. The van der Waals surface area contributed by atoms with Crippen LogP contribution in [0.15, 0.2) is 54.6 Å². The monoisotopic (exact) mass is 519 g/mol. The number of hydrogen-bond donors (Lipinski definition) is 1. The average Bonchev–Trinajstić information content (AvgIpc) is 3.27. The average molecular weight is 521 g/mol. The van der Waals surface area contributed by atoms with Crippen LogP contribution in [0.5, 0.6) is 11.5 Å². The molecule has 1 aliphatic carbocycles. The number of halogens is 3. The number of alkyl halides is 3. The van der Waals surface area contributed by atoms with E-state index in [9.17, 15) is 20.0 Å². The standard InChI is InChI=1S/C25H20Cl3NO5/c1-23(2)20(11-12-21(30)33-15-24(26,27)28)25(23,22(31)32)19(14-29)16-7-6-10-18(13-16)34-17-8-4-3-5-9-17/h3-10,13,19-20H,15H2,1-2H3,(H,31,32)/t19?,20-,25+/m0/s1. The predicted molar refractivity (Wildman–Crippen MR) is 128 cm³/mol. The molecule has 1 unspecified atom stereocenters. The van der Waals surface area contributed by atoms with Gasteiger partial charge in [0.2, 0.25) is 3.79 Å². The van der Waals surface area contributed by atoms with E-state index in [1.807, 2.05) is 18.2 Å². The molecular weight excluding hydrogens is 501 g/mol. The van der Waals surface area contributed by atoms with Crippen molar-refractivity contribution in [2.24, 2.45) is 16.7 Å². The van der Waals surface area contributed by atoms with Crippen molar-refractivity contribution >= 4 is 46.7 Å². The molecule has 3 rings (SSSR count). The Labute approximate surface area is 212 Å². The molecule has 2 aromatic carbocycles. The molecule has 0 radical (unpaired) electrons. The van der Waals surface area contributed by atoms with Gasteiger partial charge in [-0.05, 0) is 35.2 Å². The summed E-state index contributed by atoms with van der Waals surface area (Å²) in [6.45, 7) is 2.89. The topological polar surface area (TPSA) is 96.6 Å². The summed E-state index contributed by atoms with van der Waals surface area (Å²) < 4.78 is 8.84. The van der Waals surface area contributed by atoms with Gasteiger partial charge in [0.15, 0.2) is 0 Å². The van der Waals surface area contributed by atoms with Crippen molar-refractivity contribution in [1.82, 2.24) is 0 Å². The molecule has 1 N–H and O–H groups in total. The van der Waals surface area contributed by atoms with Crippen molar-refractivity contribution in [3.63, 3.8) is 0 Å². The van der Waals surface area contributed by atoms with Crippen LogP contribution in [0.1, 0.15) is 25.3 Å². The van der Waals surface area contributed by atoms with Gasteiger partial charge >= 0.3 is 11.9 Å². The molecule has 0 aliphatic heterocycles. The Morgan fingerprint density at radius 1 is 1.12 bits per heavy atom. The fourth-order valence-electron chi connectivity index (χ4n) is 4.29. The summed E-state index contributed by atoms with van der Waals surface area (Å²) in [4.78, 5) is 24.5. The van der Waals surface area contributed by atoms with Crippen LogP contribution in [0.4, 0.5) is 0 Å². The summed E-state index contributed by atoms with van der Waals surface area (Å²) in [7, 11) is 0. The molecule has 1 saturated carbocycles. The fraction of sp³-hybridized carbons (Fsp3) is 0.320. The van der Waals surface area contributed by atoms with Crippen LogP contribution in [0.25, 0.3) is 0 Å². The Hall–Kier alpha value is -2.90. The number of para-hydroxylation sites is 1. The SMILES string of the molecule is CC1(C)[C@H](C#CC(=O)OCC(Cl)(Cl)Cl)[C@@]1(C(=O)O)C(C#N)c1cccc(Oc2ccccc2)c1. The molecule has 1 fully saturated rings. The summed E-state index contributed by atoms with van der Waals surface area (Å²) in [5, 5.41) is 20.3. The third kappa shape index (κ3) is 5.10. The number of nitriles is 1. The van der Waals surface area contributed by atoms with Crippen LogP contribution >= 0.6 is 34.8 Å². The van der Waals surface area contributed by atoms with Crippen LogP contribution in [0.3, 0.4) is 0 Å². The van der Waals surface area contributed by atoms with Crippen molar-refractivity contribution in [2.75, 3.05) is 6.61 Å². The maximum absolute atomic E-state index is 12.5. The van der Waals surface area contributed by atoms with E-state index in [0.29, 0.717) is 17.1 Å². The van der Waals surface area contributed by atoms with Crippen molar-refractivity contribution in [3.05, 3.63) is 60.2 Å². The normalized spacial score (nSPS) is 21.2. The third-order valence-electron chi connectivity index (χ3n) is 5.95. The summed E-state index contributed by atoms with van der Waals surface area (Å²) in [5.41, 5.74) is -2.01. The second-order valence-corrected chi connectivity index (χ2v) is 10.9. The number of rotatable bonds is 6. The molecule has 0 heterocycles. The summed E-state index contributed by atoms with van der Waals surface area (Å²) in [5.74, 6) is 2.00. The minimum Gasteiger partial charge on any atom is -0.481 e. The number of carbonyl (C=O) groups is 2. The summed E-state index contributed by atoms with van der Waals surface area (Å²) in [6, 6.07) is 17.9. The number of esters is 1. The second kappa shape index (κ2) is 9.76. The Bertz CT molecular complexity index is 1190. The molecule has 9 heteroatoms. The molecular formula is C25H20Cl3NO5. The van der Waals surface area contributed by atoms with E-state index in [1.54, 1.807) is 50.2 Å². The molecule has 0 aromatic heterocycles. The van der Waals surface area contributed by atoms with Gasteiger partial charge in [0.05, 0.1) is 12.0 Å². The molecule has 2 aromatic rings. The van der Waals surface area contributed by atoms with E-state index >= 15 is 0 Å². The van der Waals surface area contributed by atoms with Crippen molar-refractivity contribution in [3.8, 4) is 29.4 Å². The van der Waals surface area contributed by atoms with Crippen molar-refractivity contribution < 1.29 is 24.2 Å². The first kappa shape index (κ1) is 25.7. The van der Waals surface area contributed by atoms with Gasteiger partial charge in [-0.25, -0.2) is 4.79 Å². The van der Waals surface area contributed by atoms with Crippen LogP contribution in [0.2, 0.25) is 0 Å². The molecule has 34 heavy (non-hydrogen) atoms. The molecule has 0 spiro atoms. The van der Waals surface area contributed by atoms with Gasteiger partial charge in [-0.15, -0.1) is 0 Å². The highest BCUT2D eigenvalue weighted by atomic mass is 35.6. The van der Waals surface area contributed by atoms with Crippen LogP contribution < -0.4 is 4.74 Å². The van der Waals surface area contributed by atoms with Crippen molar-refractivity contribution in [1.29, 1.82) is 5.26 Å². The number of ether oxygens (including phenoxy) is 2. The Morgan fingerprint density at radius 3 is 2.35 bits per heavy atom. The maximum atomic E-state index is 12.5. The molecule has 0 bridgehead atoms. The predicted octanol–water partition coefficient (Wildman–Crippen LogP) is 5.73. The first-order valence-electron chi connectivity index (χ1n) is 10.1. The quantitative estimate of drug-likeness (QED) is 0.226. The third-order valence-corrected chi connectivity index (χ3v) is 6.28. The number of carboxylic acid groups (broad SMARTS) is 1. The first-order valence-corrected chi connectivity index (χ1v) is 11.3. The number of benzene rings is 2. The lowest BCUT2D eigenvalue weighted by Gasteiger charge is -2.22. The molecule has 6 nitrogen and oxygen atoms in total. The number of carbonyl (C=O) groups excluding carboxylic acids is 1. The zero-order chi connectivity index (χ0) is 25.1. The molecule has 3 atom stereocenters. The number of carboxylic acids is 1. The molecule has 0 saturated heterocycles. The maximum Gasteiger partial charge on any atom is 0.384 e. The second-order valence-electron chi connectivity index (χ2n) is 8.34. The van der Waals surface area contributed by atoms with E-state index in [4.69, 9.17) is 44.3 Å². The van der Waals surface area contributed by atoms with E-state index in [0.717, 1.165) is 0 Å². The van der Waals surface area contributed by atoms with E-state index in [-0.39, 0.29) is 0 Å². The van der Waals surface area contributed by atoms with E-state index in [2.05, 4.69) is 17.9 Å². The van der Waals surface area contributed by atoms with E-state index < -0.39 is 45.0 Å². The Kier molecular flexibility index (Phi) is 7.38. The summed E-state index contributed by atoms with van der Waals surface area (Å²) in [6.07, 6.45) is 0. The number of hydrogen-bond acceptors (Lipinski definition) is 5. The van der Waals surface area contributed by atoms with Gasteiger partial charge in [0, 0.05) is 11.8 Å². The minimum absolute atomic E-state index is 0.459. The van der Waals surface area contributed by atoms with Gasteiger partial charge in [-0.3, -0.25) is 4.79 Å². The zero-order valence-corrected chi connectivity index (χ0v) is 20.5. The summed E-state index contributed by atoms with van der Waals surface area (Å²) >= 11 is 16.7. The van der Waals surface area contributed by atoms with E-state index in [1.165, 1.54) is 0 Å². The number of aliphatic carboxylic acids is 1. The lowest BCUT2D eigenvalue weighted by Crippen LogP contribution is -2.28. The van der Waals surface area contributed by atoms with Crippen LogP contribution in [0, 0.1) is 39.9 Å². The lowest BCUT2D eigenvalue weighted by atomic mass is 9.78. The highest BCUT2D eigenvalue weighted by Crippen LogP contribution is 2.74. The lowest BCUT2D eigenvalue weighted by molar-refractivity contribution is -0.145. The van der Waals surface area contributed by atoms with Gasteiger partial charge in [0.25, 0.3) is 0 Å². The van der Waals surface area contributed by atoms with Crippen LogP contribution in [-0.4, -0.2) is 27.4 Å². The van der Waals surface area contributed by atoms with Crippen molar-refractivity contribution in [2.45, 2.75) is 23.6 Å². The highest BCUT2D eigenvalue weighted by molar-refractivity contribution is 6.67. The zero-order valence-electron chi connectivity index (χ0n) is 18.2. The molecule has 176 valence electrons. The largest absolute Gasteiger partial charge is 0.481 e. The Balaban J connectivity index is 1.91. The minimum atomic E-state index is -1.79. The van der Waals surface area contributed by atoms with Gasteiger partial charge in [-0.2, -0.15) is 5.26 Å². The molecule has 0 amide bonds.